The van der Waals surface area contributed by atoms with E-state index in [9.17, 15) is 9.18 Å². The summed E-state index contributed by atoms with van der Waals surface area (Å²) >= 11 is 0. The third kappa shape index (κ3) is 3.54. The van der Waals surface area contributed by atoms with Crippen molar-refractivity contribution in [1.82, 2.24) is 0 Å². The standard InChI is InChI=1S/C12H13FO2/c1-3-15-12(14)11(13)8-10-6-4-5-9(2)7-10/h4-8H,3H2,1-2H3/b11-8-. The smallest absolute Gasteiger partial charge is 0.367 e. The molecule has 0 unspecified atom stereocenters. The van der Waals surface area contributed by atoms with E-state index in [4.69, 9.17) is 0 Å². The molecule has 0 amide bonds. The maximum absolute atomic E-state index is 13.2. The zero-order valence-corrected chi connectivity index (χ0v) is 8.79. The van der Waals surface area contributed by atoms with Crippen LogP contribution >= 0.6 is 0 Å². The zero-order valence-electron chi connectivity index (χ0n) is 8.79. The SMILES string of the molecule is CCOC(=O)/C(F)=C/c1cccc(C)c1. The molecule has 3 heteroatoms. The molecule has 0 bridgehead atoms. The number of ether oxygens (including phenoxy) is 1. The van der Waals surface area contributed by atoms with Gasteiger partial charge in [-0.05, 0) is 25.5 Å². The fraction of sp³-hybridized carbons (Fsp3) is 0.250. The van der Waals surface area contributed by atoms with E-state index in [2.05, 4.69) is 4.74 Å². The second kappa shape index (κ2) is 5.29. The van der Waals surface area contributed by atoms with Crippen molar-refractivity contribution < 1.29 is 13.9 Å². The molecule has 0 saturated heterocycles. The molecule has 80 valence electrons. The third-order valence-corrected chi connectivity index (χ3v) is 1.81. The molecule has 0 fully saturated rings. The van der Waals surface area contributed by atoms with Crippen molar-refractivity contribution in [2.45, 2.75) is 13.8 Å². The predicted molar refractivity (Wildman–Crippen MR) is 56.9 cm³/mol. The number of benzene rings is 1. The lowest BCUT2D eigenvalue weighted by atomic mass is 10.1. The summed E-state index contributed by atoms with van der Waals surface area (Å²) < 4.78 is 17.7. The van der Waals surface area contributed by atoms with E-state index in [-0.39, 0.29) is 6.61 Å². The van der Waals surface area contributed by atoms with E-state index in [0.29, 0.717) is 5.56 Å². The second-order valence-electron chi connectivity index (χ2n) is 3.13. The van der Waals surface area contributed by atoms with Gasteiger partial charge in [-0.2, -0.15) is 4.39 Å². The quantitative estimate of drug-likeness (QED) is 0.564. The highest BCUT2D eigenvalue weighted by molar-refractivity contribution is 5.91. The summed E-state index contributed by atoms with van der Waals surface area (Å²) in [5, 5.41) is 0. The van der Waals surface area contributed by atoms with Crippen molar-refractivity contribution in [3.05, 3.63) is 41.2 Å². The molecule has 0 aliphatic rings. The van der Waals surface area contributed by atoms with Crippen LogP contribution in [-0.4, -0.2) is 12.6 Å². The van der Waals surface area contributed by atoms with Gasteiger partial charge in [-0.25, -0.2) is 4.79 Å². The lowest BCUT2D eigenvalue weighted by Crippen LogP contribution is -2.03. The zero-order chi connectivity index (χ0) is 11.3. The van der Waals surface area contributed by atoms with Gasteiger partial charge in [-0.1, -0.05) is 29.8 Å². The number of carbonyl (C=O) groups excluding carboxylic acids is 1. The monoisotopic (exact) mass is 208 g/mol. The summed E-state index contributed by atoms with van der Waals surface area (Å²) in [5.41, 5.74) is 1.67. The summed E-state index contributed by atoms with van der Waals surface area (Å²) in [7, 11) is 0. The first kappa shape index (κ1) is 11.4. The van der Waals surface area contributed by atoms with Crippen molar-refractivity contribution in [3.8, 4) is 0 Å². The summed E-state index contributed by atoms with van der Waals surface area (Å²) in [5.74, 6) is -1.79. The lowest BCUT2D eigenvalue weighted by molar-refractivity contribution is -0.140. The van der Waals surface area contributed by atoms with Crippen LogP contribution in [0.25, 0.3) is 6.08 Å². The maximum atomic E-state index is 13.2. The number of aryl methyl sites for hydroxylation is 1. The van der Waals surface area contributed by atoms with Gasteiger partial charge in [0, 0.05) is 0 Å². The van der Waals surface area contributed by atoms with Crippen molar-refractivity contribution in [1.29, 1.82) is 0 Å². The highest BCUT2D eigenvalue weighted by Gasteiger charge is 2.08. The van der Waals surface area contributed by atoms with Crippen LogP contribution in [0.4, 0.5) is 4.39 Å². The van der Waals surface area contributed by atoms with Crippen molar-refractivity contribution in [2.75, 3.05) is 6.61 Å². The number of carbonyl (C=O) groups is 1. The van der Waals surface area contributed by atoms with Gasteiger partial charge in [0.15, 0.2) is 0 Å². The number of hydrogen-bond acceptors (Lipinski definition) is 2. The van der Waals surface area contributed by atoms with E-state index in [1.807, 2.05) is 13.0 Å². The van der Waals surface area contributed by atoms with Crippen molar-refractivity contribution >= 4 is 12.0 Å². The first-order valence-electron chi connectivity index (χ1n) is 4.74. The van der Waals surface area contributed by atoms with Crippen molar-refractivity contribution in [3.63, 3.8) is 0 Å². The van der Waals surface area contributed by atoms with Crippen LogP contribution in [0.3, 0.4) is 0 Å². The number of rotatable bonds is 3. The minimum absolute atomic E-state index is 0.175. The average Bonchev–Trinajstić information content (AvgIpc) is 2.18. The van der Waals surface area contributed by atoms with Gasteiger partial charge in [-0.3, -0.25) is 0 Å². The Bertz CT molecular complexity index is 383. The molecule has 0 spiro atoms. The molecule has 15 heavy (non-hydrogen) atoms. The lowest BCUT2D eigenvalue weighted by Gasteiger charge is -1.99. The van der Waals surface area contributed by atoms with Gasteiger partial charge in [0.1, 0.15) is 0 Å². The van der Waals surface area contributed by atoms with Crippen LogP contribution in [0.1, 0.15) is 18.1 Å². The Hall–Kier alpha value is -1.64. The fourth-order valence-corrected chi connectivity index (χ4v) is 1.17. The van der Waals surface area contributed by atoms with Crippen LogP contribution in [-0.2, 0) is 9.53 Å². The van der Waals surface area contributed by atoms with Gasteiger partial charge < -0.3 is 4.74 Å². The molecule has 0 radical (unpaired) electrons. The number of esters is 1. The number of hydrogen-bond donors (Lipinski definition) is 0. The Labute approximate surface area is 88.4 Å². The first-order chi connectivity index (χ1) is 7.13. The first-order valence-corrected chi connectivity index (χ1v) is 4.74. The number of halogens is 1. The van der Waals surface area contributed by atoms with E-state index < -0.39 is 11.8 Å². The van der Waals surface area contributed by atoms with E-state index >= 15 is 0 Å². The molecule has 2 nitrogen and oxygen atoms in total. The molecular formula is C12H13FO2. The normalized spacial score (nSPS) is 11.3. The maximum Gasteiger partial charge on any atom is 0.367 e. The van der Waals surface area contributed by atoms with Gasteiger partial charge in [-0.15, -0.1) is 0 Å². The molecule has 0 heterocycles. The molecule has 1 aromatic rings. The highest BCUT2D eigenvalue weighted by atomic mass is 19.1. The summed E-state index contributed by atoms with van der Waals surface area (Å²) in [6.45, 7) is 3.71. The molecule has 0 saturated carbocycles. The second-order valence-corrected chi connectivity index (χ2v) is 3.13. The van der Waals surface area contributed by atoms with Crippen molar-refractivity contribution in [2.24, 2.45) is 0 Å². The van der Waals surface area contributed by atoms with Gasteiger partial charge in [0.25, 0.3) is 0 Å². The Morgan fingerprint density at radius 1 is 1.53 bits per heavy atom. The van der Waals surface area contributed by atoms with E-state index in [1.54, 1.807) is 25.1 Å². The summed E-state index contributed by atoms with van der Waals surface area (Å²) in [6, 6.07) is 7.23. The topological polar surface area (TPSA) is 26.3 Å². The Balaban J connectivity index is 2.82. The summed E-state index contributed by atoms with van der Waals surface area (Å²) in [6.07, 6.45) is 1.17. The van der Waals surface area contributed by atoms with Gasteiger partial charge in [0.2, 0.25) is 5.83 Å². The Morgan fingerprint density at radius 3 is 2.87 bits per heavy atom. The van der Waals surface area contributed by atoms with Gasteiger partial charge >= 0.3 is 5.97 Å². The Kier molecular flexibility index (Phi) is 4.03. The predicted octanol–water partition coefficient (Wildman–Crippen LogP) is 2.87. The fourth-order valence-electron chi connectivity index (χ4n) is 1.17. The van der Waals surface area contributed by atoms with Crippen LogP contribution in [0.5, 0.6) is 0 Å². The molecule has 1 rings (SSSR count). The molecule has 0 N–H and O–H groups in total. The Morgan fingerprint density at radius 2 is 2.27 bits per heavy atom. The molecule has 0 aliphatic heterocycles. The summed E-state index contributed by atoms with van der Waals surface area (Å²) in [4.78, 5) is 11.0. The molecular weight excluding hydrogens is 195 g/mol. The minimum atomic E-state index is -0.918. The average molecular weight is 208 g/mol. The van der Waals surface area contributed by atoms with Crippen LogP contribution < -0.4 is 0 Å². The van der Waals surface area contributed by atoms with E-state index in [0.717, 1.165) is 5.56 Å². The van der Waals surface area contributed by atoms with Crippen LogP contribution in [0.2, 0.25) is 0 Å². The van der Waals surface area contributed by atoms with Crippen LogP contribution in [0, 0.1) is 6.92 Å². The highest BCUT2D eigenvalue weighted by Crippen LogP contribution is 2.11. The minimum Gasteiger partial charge on any atom is -0.461 e. The molecule has 0 aromatic heterocycles. The van der Waals surface area contributed by atoms with E-state index in [1.165, 1.54) is 6.08 Å². The molecule has 1 aromatic carbocycles. The molecule has 0 atom stereocenters. The van der Waals surface area contributed by atoms with Crippen LogP contribution in [0.15, 0.2) is 30.1 Å². The molecule has 0 aliphatic carbocycles. The third-order valence-electron chi connectivity index (χ3n) is 1.81. The largest absolute Gasteiger partial charge is 0.461 e. The van der Waals surface area contributed by atoms with Gasteiger partial charge in [0.05, 0.1) is 6.61 Å².